The first-order valence-corrected chi connectivity index (χ1v) is 6.69. The summed E-state index contributed by atoms with van der Waals surface area (Å²) in [7, 11) is 1.87. The minimum absolute atomic E-state index is 0.191. The third-order valence-corrected chi connectivity index (χ3v) is 2.79. The summed E-state index contributed by atoms with van der Waals surface area (Å²) in [4.78, 5) is 13.8. The molecule has 0 atom stereocenters. The molecule has 0 saturated heterocycles. The van der Waals surface area contributed by atoms with Gasteiger partial charge in [-0.25, -0.2) is 0 Å². The summed E-state index contributed by atoms with van der Waals surface area (Å²) >= 11 is 0. The summed E-state index contributed by atoms with van der Waals surface area (Å²) < 4.78 is 0. The monoisotopic (exact) mass is 251 g/mol. The number of hydrogen-bond acceptors (Lipinski definition) is 1. The second kappa shape index (κ2) is 7.40. The van der Waals surface area contributed by atoms with E-state index < -0.39 is 0 Å². The fraction of sp³-hybridized carbons (Fsp3) is 0.688. The number of carbonyl (C=O) groups is 1. The molecule has 0 aromatic carbocycles. The van der Waals surface area contributed by atoms with Crippen LogP contribution in [0.1, 0.15) is 54.4 Å². The molecule has 0 aliphatic carbocycles. The Labute approximate surface area is 113 Å². The summed E-state index contributed by atoms with van der Waals surface area (Å²) in [6.45, 7) is 12.9. The molecule has 1 amide bonds. The number of likely N-dealkylation sites (N-methyl/N-ethyl adjacent to an activating group) is 1. The first kappa shape index (κ1) is 16.9. The fourth-order valence-electron chi connectivity index (χ4n) is 1.64. The molecule has 0 rings (SSSR count). The Kier molecular flexibility index (Phi) is 6.97. The third-order valence-electron chi connectivity index (χ3n) is 2.79. The van der Waals surface area contributed by atoms with Gasteiger partial charge in [-0.2, -0.15) is 0 Å². The van der Waals surface area contributed by atoms with Crippen molar-refractivity contribution >= 4 is 5.91 Å². The van der Waals surface area contributed by atoms with Gasteiger partial charge in [0.25, 0.3) is 0 Å². The Morgan fingerprint density at radius 2 is 1.67 bits per heavy atom. The molecule has 2 heteroatoms. The van der Waals surface area contributed by atoms with E-state index in [-0.39, 0.29) is 11.3 Å². The lowest BCUT2D eigenvalue weighted by atomic mass is 9.95. The summed E-state index contributed by atoms with van der Waals surface area (Å²) in [5.41, 5.74) is 2.42. The van der Waals surface area contributed by atoms with Crippen molar-refractivity contribution in [1.29, 1.82) is 0 Å². The van der Waals surface area contributed by atoms with Gasteiger partial charge < -0.3 is 4.90 Å². The van der Waals surface area contributed by atoms with E-state index in [0.717, 1.165) is 12.8 Å². The number of hydrogen-bond donors (Lipinski definition) is 0. The van der Waals surface area contributed by atoms with Gasteiger partial charge in [-0.1, -0.05) is 44.1 Å². The van der Waals surface area contributed by atoms with Crippen molar-refractivity contribution in [3.8, 4) is 0 Å². The van der Waals surface area contributed by atoms with Crippen LogP contribution in [-0.2, 0) is 4.79 Å². The second-order valence-corrected chi connectivity index (χ2v) is 6.31. The van der Waals surface area contributed by atoms with Crippen LogP contribution in [-0.4, -0.2) is 24.4 Å². The van der Waals surface area contributed by atoms with Crippen molar-refractivity contribution in [2.75, 3.05) is 13.6 Å². The van der Waals surface area contributed by atoms with E-state index in [1.54, 1.807) is 4.90 Å². The molecule has 0 fully saturated rings. The zero-order chi connectivity index (χ0) is 14.3. The number of carbonyl (C=O) groups excluding carboxylic acids is 1. The van der Waals surface area contributed by atoms with Gasteiger partial charge in [-0.05, 0) is 33.6 Å². The van der Waals surface area contributed by atoms with Gasteiger partial charge in [0.1, 0.15) is 0 Å². The first-order chi connectivity index (χ1) is 8.14. The highest BCUT2D eigenvalue weighted by atomic mass is 16.2. The van der Waals surface area contributed by atoms with Gasteiger partial charge in [-0.3, -0.25) is 4.79 Å². The maximum Gasteiger partial charge on any atom is 0.227 e. The Morgan fingerprint density at radius 3 is 2.11 bits per heavy atom. The highest BCUT2D eigenvalue weighted by molar-refractivity contribution is 5.81. The van der Waals surface area contributed by atoms with Crippen molar-refractivity contribution < 1.29 is 4.79 Å². The minimum Gasteiger partial charge on any atom is -0.342 e. The van der Waals surface area contributed by atoms with Crippen LogP contribution in [0.5, 0.6) is 0 Å². The quantitative estimate of drug-likeness (QED) is 0.671. The zero-order valence-corrected chi connectivity index (χ0v) is 13.1. The number of amides is 1. The fourth-order valence-corrected chi connectivity index (χ4v) is 1.64. The summed E-state index contributed by atoms with van der Waals surface area (Å²) in [6, 6.07) is 0. The van der Waals surface area contributed by atoms with E-state index in [1.165, 1.54) is 11.1 Å². The highest BCUT2D eigenvalue weighted by Crippen LogP contribution is 2.16. The molecule has 0 spiro atoms. The van der Waals surface area contributed by atoms with Crippen molar-refractivity contribution in [3.05, 3.63) is 23.3 Å². The first-order valence-electron chi connectivity index (χ1n) is 6.69. The molecule has 2 nitrogen and oxygen atoms in total. The van der Waals surface area contributed by atoms with Crippen LogP contribution in [0.3, 0.4) is 0 Å². The molecule has 0 aliphatic heterocycles. The smallest absolute Gasteiger partial charge is 0.227 e. The molecule has 18 heavy (non-hydrogen) atoms. The highest BCUT2D eigenvalue weighted by Gasteiger charge is 2.24. The predicted octanol–water partition coefficient (Wildman–Crippen LogP) is 4.18. The Hall–Kier alpha value is -1.05. The van der Waals surface area contributed by atoms with E-state index in [2.05, 4.69) is 32.9 Å². The Balaban J connectivity index is 4.21. The van der Waals surface area contributed by atoms with Gasteiger partial charge in [0.05, 0.1) is 0 Å². The minimum atomic E-state index is -0.293. The summed E-state index contributed by atoms with van der Waals surface area (Å²) in [6.07, 6.45) is 6.56. The average molecular weight is 251 g/mol. The number of allylic oxidation sites excluding steroid dienone is 3. The van der Waals surface area contributed by atoms with Gasteiger partial charge in [0.2, 0.25) is 5.91 Å². The zero-order valence-electron chi connectivity index (χ0n) is 13.1. The van der Waals surface area contributed by atoms with Crippen molar-refractivity contribution in [3.63, 3.8) is 0 Å². The van der Waals surface area contributed by atoms with Gasteiger partial charge >= 0.3 is 0 Å². The molecular formula is C16H29NO. The lowest BCUT2D eigenvalue weighted by Crippen LogP contribution is -2.36. The van der Waals surface area contributed by atoms with Crippen LogP contribution >= 0.6 is 0 Å². The molecular weight excluding hydrogens is 222 g/mol. The topological polar surface area (TPSA) is 20.3 Å². The van der Waals surface area contributed by atoms with Gasteiger partial charge in [-0.15, -0.1) is 0 Å². The molecule has 0 aliphatic rings. The van der Waals surface area contributed by atoms with Gasteiger partial charge in [0, 0.05) is 19.0 Å². The Bertz CT molecular complexity index is 327. The lowest BCUT2D eigenvalue weighted by Gasteiger charge is -2.25. The molecule has 0 heterocycles. The van der Waals surface area contributed by atoms with Crippen molar-refractivity contribution in [2.24, 2.45) is 5.41 Å². The molecule has 0 bridgehead atoms. The molecule has 0 N–H and O–H groups in total. The molecule has 0 aromatic rings. The molecule has 104 valence electrons. The number of nitrogens with zero attached hydrogens (tertiary/aromatic N) is 1. The van der Waals surface area contributed by atoms with E-state index >= 15 is 0 Å². The van der Waals surface area contributed by atoms with E-state index in [0.29, 0.717) is 6.54 Å². The van der Waals surface area contributed by atoms with Crippen molar-refractivity contribution in [1.82, 2.24) is 4.90 Å². The van der Waals surface area contributed by atoms with Crippen LogP contribution in [0, 0.1) is 5.41 Å². The lowest BCUT2D eigenvalue weighted by molar-refractivity contribution is -0.137. The van der Waals surface area contributed by atoms with Crippen molar-refractivity contribution in [2.45, 2.75) is 54.4 Å². The molecule has 0 saturated carbocycles. The molecule has 0 unspecified atom stereocenters. The van der Waals surface area contributed by atoms with Gasteiger partial charge in [0.15, 0.2) is 0 Å². The van der Waals surface area contributed by atoms with Crippen LogP contribution in [0.4, 0.5) is 0 Å². The maximum absolute atomic E-state index is 12.0. The van der Waals surface area contributed by atoms with E-state index in [4.69, 9.17) is 0 Å². The predicted molar refractivity (Wildman–Crippen MR) is 79.5 cm³/mol. The summed E-state index contributed by atoms with van der Waals surface area (Å²) in [5.74, 6) is 0.191. The van der Waals surface area contributed by atoms with Crippen LogP contribution < -0.4 is 0 Å². The van der Waals surface area contributed by atoms with Crippen LogP contribution in [0.25, 0.3) is 0 Å². The van der Waals surface area contributed by atoms with Crippen LogP contribution in [0.15, 0.2) is 23.3 Å². The third kappa shape index (κ3) is 7.31. The standard InChI is InChI=1S/C16H29NO/c1-13(2)9-8-10-14(3)11-12-17(7)15(18)16(4,5)6/h9,11H,8,10,12H2,1-7H3/b14-11+. The summed E-state index contributed by atoms with van der Waals surface area (Å²) in [5, 5.41) is 0. The van der Waals surface area contributed by atoms with Crippen LogP contribution in [0.2, 0.25) is 0 Å². The molecule has 0 radical (unpaired) electrons. The largest absolute Gasteiger partial charge is 0.342 e. The Morgan fingerprint density at radius 1 is 1.11 bits per heavy atom. The normalized spacial score (nSPS) is 12.3. The van der Waals surface area contributed by atoms with E-state index in [1.807, 2.05) is 27.8 Å². The second-order valence-electron chi connectivity index (χ2n) is 6.31. The average Bonchev–Trinajstić information content (AvgIpc) is 2.23. The van der Waals surface area contributed by atoms with E-state index in [9.17, 15) is 4.79 Å². The maximum atomic E-state index is 12.0. The molecule has 0 aromatic heterocycles. The number of rotatable bonds is 5. The SMILES string of the molecule is CC(C)=CCC/C(C)=C/CN(C)C(=O)C(C)(C)C.